The molecule has 0 aliphatic carbocycles. The van der Waals surface area contributed by atoms with Crippen molar-refractivity contribution in [2.45, 2.75) is 26.8 Å². The van der Waals surface area contributed by atoms with Crippen molar-refractivity contribution in [1.29, 1.82) is 0 Å². The van der Waals surface area contributed by atoms with Gasteiger partial charge in [0.2, 0.25) is 0 Å². The van der Waals surface area contributed by atoms with Crippen LogP contribution in [-0.4, -0.2) is 42.4 Å². The average molecular weight is 500 g/mol. The summed E-state index contributed by atoms with van der Waals surface area (Å²) >= 11 is 0. The summed E-state index contributed by atoms with van der Waals surface area (Å²) in [6, 6.07) is 14.1. The monoisotopic (exact) mass is 499 g/mol. The molecule has 4 aromatic rings. The van der Waals surface area contributed by atoms with Crippen LogP contribution in [0.25, 0.3) is 22.4 Å². The lowest BCUT2D eigenvalue weighted by atomic mass is 9.99. The molecular formula is C29H29N3O5. The van der Waals surface area contributed by atoms with Gasteiger partial charge in [0.05, 0.1) is 42.1 Å². The fraction of sp³-hybridized carbons (Fsp3) is 0.276. The number of ether oxygens (including phenoxy) is 1. The van der Waals surface area contributed by atoms with Crippen LogP contribution in [0.2, 0.25) is 0 Å². The number of nitrogens with one attached hydrogen (secondary N) is 1. The van der Waals surface area contributed by atoms with Gasteiger partial charge in [0.15, 0.2) is 11.2 Å². The average Bonchev–Trinajstić information content (AvgIpc) is 2.91. The summed E-state index contributed by atoms with van der Waals surface area (Å²) in [4.78, 5) is 32.0. The second kappa shape index (κ2) is 10.1. The summed E-state index contributed by atoms with van der Waals surface area (Å²) in [7, 11) is 0. The van der Waals surface area contributed by atoms with Gasteiger partial charge in [-0.25, -0.2) is 4.79 Å². The summed E-state index contributed by atoms with van der Waals surface area (Å²) in [6.45, 7) is 8.59. The first-order chi connectivity index (χ1) is 17.8. The van der Waals surface area contributed by atoms with Crippen molar-refractivity contribution in [3.63, 3.8) is 0 Å². The molecule has 37 heavy (non-hydrogen) atoms. The number of carboxylic acids is 1. The van der Waals surface area contributed by atoms with Crippen LogP contribution < -0.4 is 15.6 Å². The molecule has 8 nitrogen and oxygen atoms in total. The van der Waals surface area contributed by atoms with E-state index in [9.17, 15) is 14.7 Å². The van der Waals surface area contributed by atoms with Crippen molar-refractivity contribution in [3.05, 3.63) is 87.2 Å². The maximum Gasteiger partial charge on any atom is 0.337 e. The van der Waals surface area contributed by atoms with E-state index in [1.165, 1.54) is 0 Å². The van der Waals surface area contributed by atoms with Crippen molar-refractivity contribution in [3.8, 4) is 11.5 Å². The number of aryl methyl sites for hydroxylation is 1. The van der Waals surface area contributed by atoms with Crippen LogP contribution in [0.1, 0.15) is 40.0 Å². The minimum atomic E-state index is -1.01. The summed E-state index contributed by atoms with van der Waals surface area (Å²) in [5.74, 6) is -0.588. The van der Waals surface area contributed by atoms with Crippen molar-refractivity contribution >= 4 is 28.3 Å². The van der Waals surface area contributed by atoms with E-state index in [1.54, 1.807) is 37.4 Å². The predicted octanol–water partition coefficient (Wildman–Crippen LogP) is 5.18. The van der Waals surface area contributed by atoms with Gasteiger partial charge in [-0.15, -0.1) is 0 Å². The lowest BCUT2D eigenvalue weighted by Crippen LogP contribution is -2.36. The zero-order valence-corrected chi connectivity index (χ0v) is 21.1. The van der Waals surface area contributed by atoms with Crippen molar-refractivity contribution < 1.29 is 19.1 Å². The van der Waals surface area contributed by atoms with Gasteiger partial charge in [0.25, 0.3) is 0 Å². The van der Waals surface area contributed by atoms with Gasteiger partial charge < -0.3 is 24.5 Å². The summed E-state index contributed by atoms with van der Waals surface area (Å²) < 4.78 is 11.8. The van der Waals surface area contributed by atoms with Crippen LogP contribution >= 0.6 is 0 Å². The topological polar surface area (TPSA) is 105 Å². The Morgan fingerprint density at radius 2 is 1.86 bits per heavy atom. The molecule has 2 aromatic carbocycles. The van der Waals surface area contributed by atoms with E-state index in [-0.39, 0.29) is 17.0 Å². The SMILES string of the molecule is Cc1cc(C(C)Nc2ccccc2C(=O)O)c2oc(-c3ccc(N4CCOCC4)cn3)c(C)c(=O)c2c1. The number of carbonyl (C=O) groups is 1. The number of rotatable bonds is 6. The molecular weight excluding hydrogens is 470 g/mol. The summed E-state index contributed by atoms with van der Waals surface area (Å²) in [5.41, 5.74) is 4.76. The van der Waals surface area contributed by atoms with Crippen LogP contribution in [0.3, 0.4) is 0 Å². The third-order valence-electron chi connectivity index (χ3n) is 6.74. The quantitative estimate of drug-likeness (QED) is 0.374. The zero-order valence-electron chi connectivity index (χ0n) is 21.1. The highest BCUT2D eigenvalue weighted by Crippen LogP contribution is 2.32. The van der Waals surface area contributed by atoms with E-state index in [2.05, 4.69) is 15.2 Å². The van der Waals surface area contributed by atoms with Crippen molar-refractivity contribution in [2.75, 3.05) is 36.5 Å². The third kappa shape index (κ3) is 4.80. The molecule has 3 heterocycles. The molecule has 2 aromatic heterocycles. The Balaban J connectivity index is 1.57. The Morgan fingerprint density at radius 1 is 1.11 bits per heavy atom. The number of aromatic nitrogens is 1. The number of para-hydroxylation sites is 1. The molecule has 190 valence electrons. The fourth-order valence-corrected chi connectivity index (χ4v) is 4.77. The molecule has 1 aliphatic rings. The molecule has 0 radical (unpaired) electrons. The van der Waals surface area contributed by atoms with E-state index in [0.717, 1.165) is 29.9 Å². The molecule has 1 atom stereocenters. The summed E-state index contributed by atoms with van der Waals surface area (Å²) in [6.07, 6.45) is 1.80. The van der Waals surface area contributed by atoms with E-state index in [1.807, 2.05) is 38.1 Å². The van der Waals surface area contributed by atoms with Gasteiger partial charge in [-0.1, -0.05) is 18.2 Å². The van der Waals surface area contributed by atoms with Crippen LogP contribution in [0, 0.1) is 13.8 Å². The minimum absolute atomic E-state index is 0.113. The maximum atomic E-state index is 13.5. The number of aromatic carboxylic acids is 1. The Bertz CT molecular complexity index is 1520. The van der Waals surface area contributed by atoms with Crippen LogP contribution in [0.5, 0.6) is 0 Å². The number of hydrogen-bond donors (Lipinski definition) is 2. The molecule has 5 rings (SSSR count). The van der Waals surface area contributed by atoms with Gasteiger partial charge in [-0.2, -0.15) is 0 Å². The lowest BCUT2D eigenvalue weighted by Gasteiger charge is -2.28. The van der Waals surface area contributed by atoms with Gasteiger partial charge in [0.1, 0.15) is 11.3 Å². The molecule has 0 spiro atoms. The molecule has 8 heteroatoms. The fourth-order valence-electron chi connectivity index (χ4n) is 4.77. The van der Waals surface area contributed by atoms with Crippen LogP contribution in [0.15, 0.2) is 63.9 Å². The van der Waals surface area contributed by atoms with Gasteiger partial charge in [-0.05, 0) is 56.7 Å². The highest BCUT2D eigenvalue weighted by molar-refractivity contribution is 5.94. The molecule has 1 saturated heterocycles. The molecule has 1 fully saturated rings. The second-order valence-electron chi connectivity index (χ2n) is 9.33. The number of morpholine rings is 1. The zero-order chi connectivity index (χ0) is 26.1. The maximum absolute atomic E-state index is 13.5. The number of pyridine rings is 1. The first-order valence-electron chi connectivity index (χ1n) is 12.3. The highest BCUT2D eigenvalue weighted by atomic mass is 16.5. The van der Waals surface area contributed by atoms with Crippen LogP contribution in [-0.2, 0) is 4.74 Å². The van der Waals surface area contributed by atoms with Crippen molar-refractivity contribution in [2.24, 2.45) is 0 Å². The Hall–Kier alpha value is -4.17. The highest BCUT2D eigenvalue weighted by Gasteiger charge is 2.21. The number of carboxylic acid groups (broad SMARTS) is 1. The number of hydrogen-bond acceptors (Lipinski definition) is 7. The molecule has 0 amide bonds. The van der Waals surface area contributed by atoms with Gasteiger partial charge in [-0.3, -0.25) is 9.78 Å². The van der Waals surface area contributed by atoms with E-state index in [0.29, 0.717) is 46.9 Å². The standard InChI is InChI=1S/C29H29N3O5/c1-17-14-22(19(3)31-24-7-5-4-6-21(24)29(34)35)28-23(15-17)26(33)18(2)27(37-28)25-9-8-20(16-30-25)32-10-12-36-13-11-32/h4-9,14-16,19,31H,10-13H2,1-3H3,(H,34,35). The number of anilines is 2. The Morgan fingerprint density at radius 3 is 2.57 bits per heavy atom. The van der Waals surface area contributed by atoms with E-state index >= 15 is 0 Å². The normalized spacial score (nSPS) is 14.5. The Labute approximate surface area is 214 Å². The number of fused-ring (bicyclic) bond motifs is 1. The lowest BCUT2D eigenvalue weighted by molar-refractivity contribution is 0.0698. The van der Waals surface area contributed by atoms with E-state index in [4.69, 9.17) is 9.15 Å². The van der Waals surface area contributed by atoms with Crippen LogP contribution in [0.4, 0.5) is 11.4 Å². The molecule has 0 bridgehead atoms. The predicted molar refractivity (Wildman–Crippen MR) is 144 cm³/mol. The number of nitrogens with zero attached hydrogens (tertiary/aromatic N) is 2. The first-order valence-corrected chi connectivity index (χ1v) is 12.3. The third-order valence-corrected chi connectivity index (χ3v) is 6.74. The van der Waals surface area contributed by atoms with E-state index < -0.39 is 5.97 Å². The number of benzene rings is 2. The molecule has 2 N–H and O–H groups in total. The molecule has 0 saturated carbocycles. The van der Waals surface area contributed by atoms with Crippen molar-refractivity contribution in [1.82, 2.24) is 4.98 Å². The first kappa shape index (κ1) is 24.5. The largest absolute Gasteiger partial charge is 0.478 e. The molecule has 1 unspecified atom stereocenters. The van der Waals surface area contributed by atoms with Gasteiger partial charge >= 0.3 is 5.97 Å². The second-order valence-corrected chi connectivity index (χ2v) is 9.33. The smallest absolute Gasteiger partial charge is 0.337 e. The minimum Gasteiger partial charge on any atom is -0.478 e. The van der Waals surface area contributed by atoms with Gasteiger partial charge in [0, 0.05) is 29.9 Å². The molecule has 1 aliphatic heterocycles. The Kier molecular flexibility index (Phi) is 6.67. The summed E-state index contributed by atoms with van der Waals surface area (Å²) in [5, 5.41) is 13.4.